The van der Waals surface area contributed by atoms with Gasteiger partial charge in [-0.15, -0.1) is 0 Å². The Balaban J connectivity index is 1.82. The second-order valence-electron chi connectivity index (χ2n) is 7.22. The molecule has 6 heteroatoms. The van der Waals surface area contributed by atoms with Crippen LogP contribution in [-0.4, -0.2) is 70.3 Å². The number of carbonyl (C=O) groups excluding carboxylic acids is 2. The second kappa shape index (κ2) is 7.95. The van der Waals surface area contributed by atoms with Gasteiger partial charge in [-0.1, -0.05) is 18.9 Å². The summed E-state index contributed by atoms with van der Waals surface area (Å²) in [5.41, 5.74) is 0.904. The van der Waals surface area contributed by atoms with Crippen LogP contribution in [0.4, 0.5) is 0 Å². The van der Waals surface area contributed by atoms with Crippen LogP contribution >= 0.6 is 0 Å². The van der Waals surface area contributed by atoms with Crippen molar-refractivity contribution in [2.75, 3.05) is 26.7 Å². The van der Waals surface area contributed by atoms with Gasteiger partial charge in [-0.05, 0) is 32.0 Å². The molecule has 0 N–H and O–H groups in total. The molecule has 2 heterocycles. The lowest BCUT2D eigenvalue weighted by molar-refractivity contribution is -0.150. The molecule has 3 rings (SSSR count). The van der Waals surface area contributed by atoms with Gasteiger partial charge in [0.1, 0.15) is 6.04 Å². The lowest BCUT2D eigenvalue weighted by atomic mass is 10.1. The van der Waals surface area contributed by atoms with Crippen molar-refractivity contribution in [1.82, 2.24) is 19.7 Å². The van der Waals surface area contributed by atoms with Crippen molar-refractivity contribution < 1.29 is 9.59 Å². The monoisotopic (exact) mass is 344 g/mol. The Hall–Kier alpha value is -1.95. The molecule has 1 unspecified atom stereocenters. The van der Waals surface area contributed by atoms with Gasteiger partial charge in [-0.3, -0.25) is 14.6 Å². The summed E-state index contributed by atoms with van der Waals surface area (Å²) in [6, 6.07) is 5.68. The van der Waals surface area contributed by atoms with Crippen molar-refractivity contribution in [2.24, 2.45) is 0 Å². The first kappa shape index (κ1) is 17.9. The van der Waals surface area contributed by atoms with E-state index < -0.39 is 0 Å². The van der Waals surface area contributed by atoms with Gasteiger partial charge >= 0.3 is 0 Å². The van der Waals surface area contributed by atoms with Crippen LogP contribution in [0.25, 0.3) is 0 Å². The Morgan fingerprint density at radius 1 is 1.24 bits per heavy atom. The molecule has 1 saturated heterocycles. The van der Waals surface area contributed by atoms with Crippen molar-refractivity contribution in [3.63, 3.8) is 0 Å². The molecule has 1 aliphatic heterocycles. The predicted octanol–water partition coefficient (Wildman–Crippen LogP) is 1.52. The highest BCUT2D eigenvalue weighted by Crippen LogP contribution is 2.26. The summed E-state index contributed by atoms with van der Waals surface area (Å²) < 4.78 is 0. The number of hydrogen-bond acceptors (Lipinski definition) is 4. The molecule has 2 aliphatic rings. The third-order valence-corrected chi connectivity index (χ3v) is 5.38. The molecule has 2 amide bonds. The van der Waals surface area contributed by atoms with Crippen LogP contribution in [0.3, 0.4) is 0 Å². The van der Waals surface area contributed by atoms with Gasteiger partial charge in [0.05, 0.1) is 12.2 Å². The minimum Gasteiger partial charge on any atom is -0.332 e. The molecule has 25 heavy (non-hydrogen) atoms. The number of carbonyl (C=O) groups is 2. The van der Waals surface area contributed by atoms with Crippen molar-refractivity contribution >= 4 is 11.8 Å². The summed E-state index contributed by atoms with van der Waals surface area (Å²) in [4.78, 5) is 35.7. The van der Waals surface area contributed by atoms with Crippen LogP contribution in [0.1, 0.15) is 38.3 Å². The largest absolute Gasteiger partial charge is 0.332 e. The van der Waals surface area contributed by atoms with Crippen LogP contribution in [0.2, 0.25) is 0 Å². The zero-order valence-electron chi connectivity index (χ0n) is 15.2. The van der Waals surface area contributed by atoms with Crippen molar-refractivity contribution in [3.8, 4) is 0 Å². The first-order valence-corrected chi connectivity index (χ1v) is 9.22. The molecule has 1 aromatic heterocycles. The normalized spacial score (nSPS) is 22.2. The molecule has 1 aromatic rings. The summed E-state index contributed by atoms with van der Waals surface area (Å²) in [6.07, 6.45) is 6.18. The predicted molar refractivity (Wildman–Crippen MR) is 95.7 cm³/mol. The standard InChI is InChI=1S/C19H28N4O2/c1-15(24)22-12-11-21(2)14-18(22)19(25)23(17-8-3-4-9-17)13-16-7-5-6-10-20-16/h5-7,10,17-18H,3-4,8-9,11-14H2,1-2H3. The van der Waals surface area contributed by atoms with E-state index in [0.29, 0.717) is 19.6 Å². The number of likely N-dealkylation sites (N-methyl/N-ethyl adjacent to an activating group) is 1. The lowest BCUT2D eigenvalue weighted by Gasteiger charge is -2.42. The number of pyridine rings is 1. The SMILES string of the molecule is CC(=O)N1CCN(C)CC1C(=O)N(Cc1ccccn1)C1CCCC1. The van der Waals surface area contributed by atoms with Crippen LogP contribution in [0, 0.1) is 0 Å². The van der Waals surface area contributed by atoms with Gasteiger partial charge < -0.3 is 14.7 Å². The molecule has 0 radical (unpaired) electrons. The van der Waals surface area contributed by atoms with E-state index in [9.17, 15) is 9.59 Å². The fraction of sp³-hybridized carbons (Fsp3) is 0.632. The van der Waals surface area contributed by atoms with Crippen molar-refractivity contribution in [3.05, 3.63) is 30.1 Å². The summed E-state index contributed by atoms with van der Waals surface area (Å²) in [5, 5.41) is 0. The molecule has 0 bridgehead atoms. The molecule has 0 spiro atoms. The highest BCUT2D eigenvalue weighted by Gasteiger charge is 2.38. The first-order valence-electron chi connectivity index (χ1n) is 9.22. The van der Waals surface area contributed by atoms with E-state index in [4.69, 9.17) is 0 Å². The van der Waals surface area contributed by atoms with Gasteiger partial charge in [0, 0.05) is 38.8 Å². The van der Waals surface area contributed by atoms with Gasteiger partial charge in [0.2, 0.25) is 11.8 Å². The molecule has 2 fully saturated rings. The summed E-state index contributed by atoms with van der Waals surface area (Å²) in [6.45, 7) is 4.11. The fourth-order valence-electron chi connectivity index (χ4n) is 3.97. The minimum atomic E-state index is -0.388. The van der Waals surface area contributed by atoms with Crippen molar-refractivity contribution in [2.45, 2.75) is 51.2 Å². The number of nitrogens with zero attached hydrogens (tertiary/aromatic N) is 4. The van der Waals surface area contributed by atoms with E-state index in [1.165, 1.54) is 0 Å². The number of amides is 2. The Labute approximate surface area is 149 Å². The quantitative estimate of drug-likeness (QED) is 0.831. The molecule has 1 aliphatic carbocycles. The number of piperazine rings is 1. The second-order valence-corrected chi connectivity index (χ2v) is 7.22. The van der Waals surface area contributed by atoms with Gasteiger partial charge in [0.15, 0.2) is 0 Å². The first-order chi connectivity index (χ1) is 12.1. The van der Waals surface area contributed by atoms with Gasteiger partial charge in [-0.25, -0.2) is 0 Å². The van der Waals surface area contributed by atoms with E-state index >= 15 is 0 Å². The van der Waals surface area contributed by atoms with E-state index in [2.05, 4.69) is 9.88 Å². The minimum absolute atomic E-state index is 0.0179. The van der Waals surface area contributed by atoms with E-state index in [1.807, 2.05) is 30.1 Å². The Morgan fingerprint density at radius 2 is 2.00 bits per heavy atom. The highest BCUT2D eigenvalue weighted by atomic mass is 16.2. The van der Waals surface area contributed by atoms with Gasteiger partial charge in [0.25, 0.3) is 0 Å². The zero-order chi connectivity index (χ0) is 17.8. The average molecular weight is 344 g/mol. The molecule has 136 valence electrons. The molecular formula is C19H28N4O2. The van der Waals surface area contributed by atoms with E-state index in [0.717, 1.165) is 37.9 Å². The molecular weight excluding hydrogens is 316 g/mol. The maximum atomic E-state index is 13.4. The molecule has 6 nitrogen and oxygen atoms in total. The van der Waals surface area contributed by atoms with Crippen LogP contribution in [-0.2, 0) is 16.1 Å². The smallest absolute Gasteiger partial charge is 0.247 e. The van der Waals surface area contributed by atoms with Crippen LogP contribution in [0.15, 0.2) is 24.4 Å². The third-order valence-electron chi connectivity index (χ3n) is 5.38. The lowest BCUT2D eigenvalue weighted by Crippen LogP contribution is -2.60. The molecule has 1 saturated carbocycles. The summed E-state index contributed by atoms with van der Waals surface area (Å²) in [5.74, 6) is 0.0509. The topological polar surface area (TPSA) is 56.8 Å². The summed E-state index contributed by atoms with van der Waals surface area (Å²) >= 11 is 0. The number of rotatable bonds is 4. The average Bonchev–Trinajstić information content (AvgIpc) is 3.14. The maximum absolute atomic E-state index is 13.4. The number of aromatic nitrogens is 1. The third kappa shape index (κ3) is 4.18. The number of hydrogen-bond donors (Lipinski definition) is 0. The summed E-state index contributed by atoms with van der Waals surface area (Å²) in [7, 11) is 2.01. The Bertz CT molecular complexity index is 601. The fourth-order valence-corrected chi connectivity index (χ4v) is 3.97. The van der Waals surface area contributed by atoms with Crippen LogP contribution in [0.5, 0.6) is 0 Å². The maximum Gasteiger partial charge on any atom is 0.247 e. The Kier molecular flexibility index (Phi) is 5.68. The van der Waals surface area contributed by atoms with Crippen molar-refractivity contribution in [1.29, 1.82) is 0 Å². The van der Waals surface area contributed by atoms with E-state index in [1.54, 1.807) is 18.0 Å². The highest BCUT2D eigenvalue weighted by molar-refractivity contribution is 5.87. The zero-order valence-corrected chi connectivity index (χ0v) is 15.2. The molecule has 1 atom stereocenters. The van der Waals surface area contributed by atoms with Gasteiger partial charge in [-0.2, -0.15) is 0 Å². The van der Waals surface area contributed by atoms with E-state index in [-0.39, 0.29) is 23.9 Å². The Morgan fingerprint density at radius 3 is 2.64 bits per heavy atom. The molecule has 0 aromatic carbocycles. The van der Waals surface area contributed by atoms with Crippen LogP contribution < -0.4 is 0 Å².